The van der Waals surface area contributed by atoms with Crippen molar-refractivity contribution in [2.45, 2.75) is 25.3 Å². The van der Waals surface area contributed by atoms with Crippen molar-refractivity contribution in [3.05, 3.63) is 108 Å². The van der Waals surface area contributed by atoms with Crippen molar-refractivity contribution in [1.29, 1.82) is 0 Å². The van der Waals surface area contributed by atoms with Crippen LogP contribution in [0.1, 0.15) is 36.4 Å². The lowest BCUT2D eigenvalue weighted by atomic mass is 9.86. The van der Waals surface area contributed by atoms with Gasteiger partial charge in [-0.1, -0.05) is 65.4 Å². The van der Waals surface area contributed by atoms with Crippen LogP contribution in [-0.2, 0) is 4.79 Å². The molecule has 0 saturated heterocycles. The number of ketones is 1. The van der Waals surface area contributed by atoms with Gasteiger partial charge in [0.05, 0.1) is 23.4 Å². The molecular weight excluding hydrogens is 480 g/mol. The van der Waals surface area contributed by atoms with E-state index < -0.39 is 6.04 Å². The van der Waals surface area contributed by atoms with Gasteiger partial charge in [-0.15, -0.1) is 0 Å². The molecule has 174 valence electrons. The number of rotatable bonds is 3. The first-order valence-electron chi connectivity index (χ1n) is 11.4. The summed E-state index contributed by atoms with van der Waals surface area (Å²) in [6, 6.07) is 18.8. The van der Waals surface area contributed by atoms with Gasteiger partial charge in [0, 0.05) is 22.6 Å². The van der Waals surface area contributed by atoms with Crippen molar-refractivity contribution in [1.82, 2.24) is 4.57 Å². The molecule has 2 aliphatic rings. The highest BCUT2D eigenvalue weighted by Gasteiger charge is 2.35. The standard InChI is InChI=1S/C28H21ClN2O3S/c1-34-23-14-11-16-5-2-3-6-19(16)20(23)15-24-27(33)31-26(17-9-12-18(29)13-10-17)25-21(30-28(31)35-24)7-4-8-22(25)32/h2-3,5-6,9-15,26H,4,7-8H2,1H3. The van der Waals surface area contributed by atoms with Gasteiger partial charge in [-0.05, 0) is 53.5 Å². The van der Waals surface area contributed by atoms with E-state index in [9.17, 15) is 9.59 Å². The molecule has 0 amide bonds. The van der Waals surface area contributed by atoms with Crippen molar-refractivity contribution in [3.63, 3.8) is 0 Å². The number of benzene rings is 3. The Morgan fingerprint density at radius 2 is 1.86 bits per heavy atom. The highest BCUT2D eigenvalue weighted by atomic mass is 35.5. The van der Waals surface area contributed by atoms with Gasteiger partial charge >= 0.3 is 0 Å². The summed E-state index contributed by atoms with van der Waals surface area (Å²) in [6.07, 6.45) is 3.86. The van der Waals surface area contributed by atoms with Gasteiger partial charge < -0.3 is 4.74 Å². The van der Waals surface area contributed by atoms with Gasteiger partial charge in [-0.3, -0.25) is 14.2 Å². The molecule has 0 bridgehead atoms. The van der Waals surface area contributed by atoms with E-state index in [1.165, 1.54) is 11.3 Å². The number of fused-ring (bicyclic) bond motifs is 2. The minimum Gasteiger partial charge on any atom is -0.496 e. The number of allylic oxidation sites excluding steroid dienone is 2. The zero-order valence-electron chi connectivity index (χ0n) is 19.0. The Hall–Kier alpha value is -3.48. The van der Waals surface area contributed by atoms with Crippen LogP contribution in [0.15, 0.2) is 81.7 Å². The normalized spacial score (nSPS) is 17.8. The molecule has 2 heterocycles. The topological polar surface area (TPSA) is 60.7 Å². The molecule has 5 nitrogen and oxygen atoms in total. The van der Waals surface area contributed by atoms with Gasteiger partial charge in [-0.25, -0.2) is 4.99 Å². The maximum absolute atomic E-state index is 13.9. The third-order valence-electron chi connectivity index (χ3n) is 6.64. The molecular formula is C28H21ClN2O3S. The Kier molecular flexibility index (Phi) is 5.43. The predicted octanol–water partition coefficient (Wildman–Crippen LogP) is 4.78. The molecule has 0 N–H and O–H groups in total. The summed E-state index contributed by atoms with van der Waals surface area (Å²) in [6.45, 7) is 0. The van der Waals surface area contributed by atoms with Crippen molar-refractivity contribution in [2.75, 3.05) is 7.11 Å². The number of methoxy groups -OCH3 is 1. The average Bonchev–Trinajstić information content (AvgIpc) is 3.18. The zero-order chi connectivity index (χ0) is 24.1. The number of ether oxygens (including phenoxy) is 1. The molecule has 1 aliphatic heterocycles. The summed E-state index contributed by atoms with van der Waals surface area (Å²) in [5.74, 6) is 0.748. The Morgan fingerprint density at radius 3 is 2.66 bits per heavy atom. The van der Waals surface area contributed by atoms with Gasteiger partial charge in [0.1, 0.15) is 5.75 Å². The Morgan fingerprint density at radius 1 is 1.06 bits per heavy atom. The summed E-state index contributed by atoms with van der Waals surface area (Å²) in [5.41, 5.74) is 2.94. The number of hydrogen-bond donors (Lipinski definition) is 0. The van der Waals surface area contributed by atoms with Crippen LogP contribution in [0.3, 0.4) is 0 Å². The van der Waals surface area contributed by atoms with Crippen LogP contribution in [0, 0.1) is 0 Å². The summed E-state index contributed by atoms with van der Waals surface area (Å²) in [7, 11) is 1.63. The number of nitrogens with zero attached hydrogens (tertiary/aromatic N) is 2. The molecule has 6 rings (SSSR count). The molecule has 3 aromatic carbocycles. The second-order valence-electron chi connectivity index (χ2n) is 8.67. The SMILES string of the molecule is COc1ccc2ccccc2c1C=c1sc2n(c1=O)C(c1ccc(Cl)cc1)C1=C(CCCC1=O)N=2. The molecule has 1 unspecified atom stereocenters. The Balaban J connectivity index is 1.63. The first-order chi connectivity index (χ1) is 17.0. The van der Waals surface area contributed by atoms with Crippen LogP contribution in [0.4, 0.5) is 0 Å². The van der Waals surface area contributed by atoms with Crippen molar-refractivity contribution < 1.29 is 9.53 Å². The summed E-state index contributed by atoms with van der Waals surface area (Å²) in [5, 5.41) is 2.67. The number of halogens is 1. The number of aromatic nitrogens is 1. The molecule has 4 aromatic rings. The van der Waals surface area contributed by atoms with Crippen molar-refractivity contribution in [3.8, 4) is 5.75 Å². The number of hydrogen-bond acceptors (Lipinski definition) is 5. The number of carbonyl (C=O) groups excluding carboxylic acids is 1. The molecule has 1 aliphatic carbocycles. The fraction of sp³-hybridized carbons (Fsp3) is 0.179. The van der Waals surface area contributed by atoms with E-state index in [1.807, 2.05) is 54.6 Å². The molecule has 0 radical (unpaired) electrons. The zero-order valence-corrected chi connectivity index (χ0v) is 20.5. The highest BCUT2D eigenvalue weighted by molar-refractivity contribution is 7.07. The Bertz CT molecular complexity index is 1710. The maximum atomic E-state index is 13.9. The molecule has 35 heavy (non-hydrogen) atoms. The minimum atomic E-state index is -0.511. The lowest BCUT2D eigenvalue weighted by molar-refractivity contribution is -0.116. The molecule has 0 fully saturated rings. The lowest BCUT2D eigenvalue weighted by Gasteiger charge is -2.28. The number of Topliss-reactive ketones (excluding diaryl/α,β-unsaturated/α-hetero) is 1. The van der Waals surface area contributed by atoms with E-state index in [1.54, 1.807) is 23.8 Å². The van der Waals surface area contributed by atoms with E-state index in [2.05, 4.69) is 0 Å². The molecule has 7 heteroatoms. The van der Waals surface area contributed by atoms with Crippen LogP contribution in [0.5, 0.6) is 5.75 Å². The van der Waals surface area contributed by atoms with Crippen LogP contribution < -0.4 is 19.6 Å². The van der Waals surface area contributed by atoms with Crippen LogP contribution in [-0.4, -0.2) is 17.5 Å². The van der Waals surface area contributed by atoms with Crippen molar-refractivity contribution >= 4 is 45.6 Å². The smallest absolute Gasteiger partial charge is 0.271 e. The number of thiazole rings is 1. The average molecular weight is 501 g/mol. The fourth-order valence-corrected chi connectivity index (χ4v) is 6.13. The van der Waals surface area contributed by atoms with Gasteiger partial charge in [0.15, 0.2) is 10.6 Å². The van der Waals surface area contributed by atoms with Crippen LogP contribution >= 0.6 is 22.9 Å². The second kappa shape index (κ2) is 8.63. The third kappa shape index (κ3) is 3.65. The first kappa shape index (κ1) is 22.0. The van der Waals surface area contributed by atoms with E-state index in [0.717, 1.165) is 40.4 Å². The van der Waals surface area contributed by atoms with Gasteiger partial charge in [-0.2, -0.15) is 0 Å². The summed E-state index contributed by atoms with van der Waals surface area (Å²) in [4.78, 5) is 32.3. The molecule has 0 spiro atoms. The third-order valence-corrected chi connectivity index (χ3v) is 7.87. The van der Waals surface area contributed by atoms with E-state index in [4.69, 9.17) is 21.3 Å². The van der Waals surface area contributed by atoms with Crippen LogP contribution in [0.25, 0.3) is 16.8 Å². The van der Waals surface area contributed by atoms with E-state index in [0.29, 0.717) is 32.1 Å². The highest BCUT2D eigenvalue weighted by Crippen LogP contribution is 2.36. The minimum absolute atomic E-state index is 0.0555. The largest absolute Gasteiger partial charge is 0.496 e. The quantitative estimate of drug-likeness (QED) is 0.406. The van der Waals surface area contributed by atoms with Gasteiger partial charge in [0.25, 0.3) is 5.56 Å². The monoisotopic (exact) mass is 500 g/mol. The predicted molar refractivity (Wildman–Crippen MR) is 139 cm³/mol. The molecule has 1 atom stereocenters. The molecule has 1 aromatic heterocycles. The Labute approximate surface area is 210 Å². The first-order valence-corrected chi connectivity index (χ1v) is 12.6. The molecule has 0 saturated carbocycles. The van der Waals surface area contributed by atoms with E-state index in [-0.39, 0.29) is 11.3 Å². The lowest BCUT2D eigenvalue weighted by Crippen LogP contribution is -2.40. The fourth-order valence-electron chi connectivity index (χ4n) is 5.00. The van der Waals surface area contributed by atoms with Crippen LogP contribution in [0.2, 0.25) is 5.02 Å². The second-order valence-corrected chi connectivity index (χ2v) is 10.1. The number of carbonyl (C=O) groups is 1. The van der Waals surface area contributed by atoms with E-state index >= 15 is 0 Å². The summed E-state index contributed by atoms with van der Waals surface area (Å²) < 4.78 is 7.85. The maximum Gasteiger partial charge on any atom is 0.271 e. The van der Waals surface area contributed by atoms with Crippen molar-refractivity contribution in [2.24, 2.45) is 4.99 Å². The van der Waals surface area contributed by atoms with Gasteiger partial charge in [0.2, 0.25) is 0 Å². The summed E-state index contributed by atoms with van der Waals surface area (Å²) >= 11 is 7.48.